The number of ketones is 1. The highest BCUT2D eigenvalue weighted by Gasteiger charge is 2.43. The van der Waals surface area contributed by atoms with E-state index in [0.29, 0.717) is 27.4 Å². The van der Waals surface area contributed by atoms with Crippen LogP contribution in [-0.2, 0) is 17.6 Å². The number of Topliss-reactive ketones (excluding diaryl/α,β-unsaturated/α-hetero) is 1. The molecule has 3 saturated heterocycles. The predicted octanol–water partition coefficient (Wildman–Crippen LogP) is 11.1. The van der Waals surface area contributed by atoms with Gasteiger partial charge in [-0.05, 0) is 237 Å². The minimum absolute atomic E-state index is 0. The molecule has 12 fully saturated rings. The number of thiazole rings is 1. The molecule has 0 radical (unpaired) electrons. The number of hydrogen-bond donors (Lipinski definition) is 7. The number of rotatable bonds is 4. The van der Waals surface area contributed by atoms with E-state index in [1.54, 1.807) is 24.2 Å². The summed E-state index contributed by atoms with van der Waals surface area (Å²) in [5.41, 5.74) is 28.4. The normalized spacial score (nSPS) is 29.3. The first kappa shape index (κ1) is 82.1. The number of aryl methyl sites for hydroxylation is 1. The number of nitrogens with one attached hydrogen (secondary N) is 1. The van der Waals surface area contributed by atoms with E-state index in [-0.39, 0.29) is 48.0 Å². The number of nitrogen functional groups attached to an aromatic ring is 1. The van der Waals surface area contributed by atoms with E-state index < -0.39 is 0 Å². The molecule has 0 aromatic carbocycles. The lowest BCUT2D eigenvalue weighted by molar-refractivity contribution is -0.653. The lowest BCUT2D eigenvalue weighted by Crippen LogP contribution is -3.00. The first-order chi connectivity index (χ1) is 44.4. The number of fused-ring (bicyclic) bond motifs is 1. The monoisotopic (exact) mass is 1400 g/mol. The van der Waals surface area contributed by atoms with Crippen LogP contribution in [0.25, 0.3) is 0 Å². The zero-order valence-electron chi connectivity index (χ0n) is 60.9. The summed E-state index contributed by atoms with van der Waals surface area (Å²) in [5, 5.41) is 8.93. The quantitative estimate of drug-likeness (QED) is 0.0863. The average molecular weight is 1410 g/mol. The number of guanidine groups is 1. The Kier molecular flexibility index (Phi) is 35.6. The van der Waals surface area contributed by atoms with Crippen molar-refractivity contribution in [1.82, 2.24) is 15.3 Å². The molecule has 0 amide bonds. The first-order valence-electron chi connectivity index (χ1n) is 39.5. The molecule has 13 aliphatic rings. The molecule has 14 N–H and O–H groups in total. The van der Waals surface area contributed by atoms with E-state index in [9.17, 15) is 4.79 Å². The molecule has 544 valence electrons. The van der Waals surface area contributed by atoms with Gasteiger partial charge in [-0.25, -0.2) is 4.98 Å². The lowest BCUT2D eigenvalue weighted by Gasteiger charge is -2.43. The number of halogens is 2. The van der Waals surface area contributed by atoms with Crippen LogP contribution in [0, 0.1) is 38.4 Å². The molecule has 9 saturated carbocycles. The molecule has 1 unspecified atom stereocenters. The molecule has 4 heterocycles. The largest absolute Gasteiger partial charge is 1.00 e. The number of piperidine rings is 1. The third-order valence-electron chi connectivity index (χ3n) is 26.8. The Morgan fingerprint density at radius 2 is 1.03 bits per heavy atom. The number of thioether (sulfide) groups is 2. The second-order valence-corrected chi connectivity index (χ2v) is 37.6. The molecule has 1 atom stereocenters. The maximum Gasteiger partial charge on any atom is 0.186 e. The second kappa shape index (κ2) is 40.7. The molecular formula is C78H144Cl2N10OS3. The fraction of sp³-hybridized carbons (Fsp3) is 0.910. The molecule has 1 aromatic heterocycles. The van der Waals surface area contributed by atoms with Gasteiger partial charge in [0.25, 0.3) is 0 Å². The van der Waals surface area contributed by atoms with Crippen LogP contribution < -0.4 is 64.2 Å². The Balaban J connectivity index is 0.000000173. The summed E-state index contributed by atoms with van der Waals surface area (Å²) in [6, 6.07) is 0.859. The number of carbonyl (C=O) groups excluding carboxylic acids is 1. The van der Waals surface area contributed by atoms with Crippen LogP contribution in [0.4, 0.5) is 5.13 Å². The minimum atomic E-state index is -0.373. The highest BCUT2D eigenvalue weighted by atomic mass is 35.5. The first-order valence-corrected chi connectivity index (χ1v) is 42.3. The molecular weight excluding hydrogens is 1260 g/mol. The van der Waals surface area contributed by atoms with Gasteiger partial charge in [-0.3, -0.25) is 15.6 Å². The zero-order valence-corrected chi connectivity index (χ0v) is 64.9. The van der Waals surface area contributed by atoms with Crippen LogP contribution in [0.2, 0.25) is 0 Å². The Labute approximate surface area is 601 Å². The van der Waals surface area contributed by atoms with Crippen LogP contribution in [0.1, 0.15) is 340 Å². The van der Waals surface area contributed by atoms with Crippen molar-refractivity contribution < 1.29 is 40.8 Å². The van der Waals surface area contributed by atoms with Gasteiger partial charge in [0.1, 0.15) is 0 Å². The van der Waals surface area contributed by atoms with Gasteiger partial charge in [-0.2, -0.15) is 5.01 Å². The van der Waals surface area contributed by atoms with Crippen LogP contribution in [0.15, 0.2) is 17.1 Å². The fourth-order valence-electron chi connectivity index (χ4n) is 20.1. The SMILES string of the molecule is C1CCC2(CC1)CCC[NH2+]CC2.C=C1CC2(CCCCC2)CC(=O)C1N.CC1CSC2(CCCCC2)SC1.CCC1(CC)CCc2nc(N)sc2C1.CNC1CCC2(CCCCC2)CC1.NC(N)=NC1CCC2(CCCCC2)CC1.[Cl-].[Cl-].[NH3+]N1CCC2(CCCCC2)CC1. The molecule has 3 aliphatic heterocycles. The molecule has 11 nitrogen and oxygen atoms in total. The van der Waals surface area contributed by atoms with Crippen molar-refractivity contribution in [3.8, 4) is 0 Å². The van der Waals surface area contributed by atoms with Crippen molar-refractivity contribution in [2.75, 3.05) is 50.5 Å². The Bertz CT molecular complexity index is 2220. The second-order valence-electron chi connectivity index (χ2n) is 33.4. The summed E-state index contributed by atoms with van der Waals surface area (Å²) in [7, 11) is 2.11. The molecule has 1 aromatic rings. The van der Waals surface area contributed by atoms with Crippen molar-refractivity contribution in [3.05, 3.63) is 22.7 Å². The number of aromatic nitrogens is 1. The van der Waals surface area contributed by atoms with Gasteiger partial charge in [0.2, 0.25) is 0 Å². The molecule has 6 spiro atoms. The van der Waals surface area contributed by atoms with Gasteiger partial charge in [-0.15, -0.1) is 34.9 Å². The highest BCUT2D eigenvalue weighted by molar-refractivity contribution is 8.18. The zero-order chi connectivity index (χ0) is 65.4. The minimum Gasteiger partial charge on any atom is -1.00 e. The lowest BCUT2D eigenvalue weighted by atomic mass is 9.63. The Hall–Kier alpha value is -0.810. The maximum absolute atomic E-state index is 11.7. The van der Waals surface area contributed by atoms with E-state index in [1.807, 2.05) is 0 Å². The number of carbonyl (C=O) groups is 1. The topological polar surface area (TPSA) is 206 Å². The van der Waals surface area contributed by atoms with Gasteiger partial charge in [0, 0.05) is 36.9 Å². The fourth-order valence-corrected chi connectivity index (χ4v) is 24.6. The van der Waals surface area contributed by atoms with E-state index >= 15 is 0 Å². The van der Waals surface area contributed by atoms with E-state index in [1.165, 1.54) is 337 Å². The van der Waals surface area contributed by atoms with Crippen LogP contribution >= 0.6 is 34.9 Å². The summed E-state index contributed by atoms with van der Waals surface area (Å²) in [6.07, 6.45) is 69.6. The van der Waals surface area contributed by atoms with Gasteiger partial charge >= 0.3 is 0 Å². The Morgan fingerprint density at radius 3 is 1.49 bits per heavy atom. The Morgan fingerprint density at radius 1 is 0.596 bits per heavy atom. The number of hydrogen-bond acceptors (Lipinski definition) is 10. The van der Waals surface area contributed by atoms with E-state index in [2.05, 4.69) is 89.4 Å². The summed E-state index contributed by atoms with van der Waals surface area (Å²) in [6.45, 7) is 16.2. The maximum atomic E-state index is 11.7. The van der Waals surface area contributed by atoms with Crippen LogP contribution in [0.3, 0.4) is 0 Å². The summed E-state index contributed by atoms with van der Waals surface area (Å²) >= 11 is 6.20. The number of nitrogens with two attached hydrogens (primary N) is 5. The summed E-state index contributed by atoms with van der Waals surface area (Å²) < 4.78 is 0.671. The van der Waals surface area contributed by atoms with Crippen LogP contribution in [-0.4, -0.2) is 88.7 Å². The summed E-state index contributed by atoms with van der Waals surface area (Å²) in [5.74, 6) is 8.25. The third kappa shape index (κ3) is 25.3. The summed E-state index contributed by atoms with van der Waals surface area (Å²) in [4.78, 5) is 21.8. The predicted molar refractivity (Wildman–Crippen MR) is 399 cm³/mol. The van der Waals surface area contributed by atoms with Crippen LogP contribution in [0.5, 0.6) is 0 Å². The number of anilines is 1. The van der Waals surface area contributed by atoms with Crippen molar-refractivity contribution in [1.29, 1.82) is 0 Å². The van der Waals surface area contributed by atoms with E-state index in [4.69, 9.17) is 22.9 Å². The smallest absolute Gasteiger partial charge is 0.186 e. The van der Waals surface area contributed by atoms with Gasteiger partial charge in [0.15, 0.2) is 16.9 Å². The molecule has 94 heavy (non-hydrogen) atoms. The van der Waals surface area contributed by atoms with Crippen molar-refractivity contribution >= 4 is 51.7 Å². The van der Waals surface area contributed by atoms with Crippen molar-refractivity contribution in [3.63, 3.8) is 0 Å². The highest BCUT2D eigenvalue weighted by Crippen LogP contribution is 2.54. The molecule has 0 bridgehead atoms. The molecule has 16 heteroatoms. The van der Waals surface area contributed by atoms with Crippen molar-refractivity contribution in [2.45, 2.75) is 364 Å². The van der Waals surface area contributed by atoms with Gasteiger partial charge in [0.05, 0.1) is 34.9 Å². The van der Waals surface area contributed by atoms with Crippen molar-refractivity contribution in [2.24, 2.45) is 60.6 Å². The third-order valence-corrected chi connectivity index (χ3v) is 31.8. The standard InChI is InChI=1S/C12H23N3.C12H19NO.C12H23N.C11H18N2S.C11H21N.C10H20N2.C10H18S2.2ClH/c13-11(14)15-10-4-8-12(9-5-10)6-2-1-3-7-12;1-9-7-12(5-3-2-4-6-12)8-10(14)11(9)13;1-13-11-5-9-12(10-6-11)7-3-2-4-8-12;1-3-11(4-2)6-5-8-9(7-11)14-10(12)13-8;1-2-5-11(6-3-1)7-4-9-12-10-8-11;11-12-8-6-10(7-9-12)4-2-1-3-5-10;1-9-7-11-10(12-8-9)5-3-2-4-6-10;;/h10H,1-9H2,(H4,13,14,15);11H,1-8,13H2;11,13H,2-10H2,1H3;3-7H2,1-2H3,(H2,12,13);12H,1-10H2;1-9,11H2;9H,2-8H2,1H3;2*1H. The number of quaternary nitrogens is 2. The van der Waals surface area contributed by atoms with E-state index in [0.717, 1.165) is 51.8 Å². The molecule has 14 rings (SSSR count). The average Bonchev–Trinajstić information content (AvgIpc) is 1.37. The van der Waals surface area contributed by atoms with Gasteiger partial charge < -0.3 is 58.4 Å². The number of nitrogens with zero attached hydrogens (tertiary/aromatic N) is 3. The van der Waals surface area contributed by atoms with Gasteiger partial charge in [-0.1, -0.05) is 161 Å². The molecule has 10 aliphatic carbocycles. The number of aliphatic imine (C=N–C) groups is 1.